The van der Waals surface area contributed by atoms with E-state index in [-0.39, 0.29) is 9.90 Å². The van der Waals surface area contributed by atoms with Crippen LogP contribution in [0.5, 0.6) is 0 Å². The summed E-state index contributed by atoms with van der Waals surface area (Å²) >= 11 is 0.894. The molecular formula is C4H5NO3S2. The zero-order chi connectivity index (χ0) is 7.78. The molecule has 0 unspecified atom stereocenters. The molecule has 1 aromatic rings. The molecule has 0 radical (unpaired) electrons. The Bertz CT molecular complexity index is 326. The Morgan fingerprint density at radius 2 is 2.20 bits per heavy atom. The standard InChI is InChI=1S/C4H5NO3S2/c5-3-1-2-9-4(3)10(6,7)8/h1-2H,5H2,(H,6,7,8). The SMILES string of the molecule is Nc1ccsc1S(=O)(=O)O. The Kier molecular flexibility index (Phi) is 1.67. The van der Waals surface area contributed by atoms with Gasteiger partial charge in [0.2, 0.25) is 0 Å². The highest BCUT2D eigenvalue weighted by molar-refractivity contribution is 7.88. The van der Waals surface area contributed by atoms with Gasteiger partial charge in [-0.25, -0.2) is 0 Å². The highest BCUT2D eigenvalue weighted by Crippen LogP contribution is 2.23. The van der Waals surface area contributed by atoms with Gasteiger partial charge in [0.05, 0.1) is 5.69 Å². The minimum absolute atomic E-state index is 0.0903. The fourth-order valence-corrected chi connectivity index (χ4v) is 2.08. The molecule has 0 fully saturated rings. The summed E-state index contributed by atoms with van der Waals surface area (Å²) in [6.07, 6.45) is 0. The maximum absolute atomic E-state index is 10.4. The Labute approximate surface area is 62.0 Å². The third-order valence-corrected chi connectivity index (χ3v) is 3.24. The molecule has 1 heterocycles. The second-order valence-corrected chi connectivity index (χ2v) is 4.17. The van der Waals surface area contributed by atoms with Crippen LogP contribution in [0, 0.1) is 0 Å². The fraction of sp³-hybridized carbons (Fsp3) is 0. The third-order valence-electron chi connectivity index (χ3n) is 0.893. The van der Waals surface area contributed by atoms with Gasteiger partial charge in [0, 0.05) is 0 Å². The average Bonchev–Trinajstić information content (AvgIpc) is 2.11. The Morgan fingerprint density at radius 3 is 2.40 bits per heavy atom. The van der Waals surface area contributed by atoms with E-state index in [0.717, 1.165) is 11.3 Å². The summed E-state index contributed by atoms with van der Waals surface area (Å²) in [6.45, 7) is 0. The first-order valence-electron chi connectivity index (χ1n) is 2.32. The number of hydrogen-bond donors (Lipinski definition) is 2. The van der Waals surface area contributed by atoms with Crippen molar-refractivity contribution in [2.24, 2.45) is 0 Å². The lowest BCUT2D eigenvalue weighted by molar-refractivity contribution is 0.486. The van der Waals surface area contributed by atoms with Gasteiger partial charge < -0.3 is 5.73 Å². The van der Waals surface area contributed by atoms with Crippen molar-refractivity contribution in [1.29, 1.82) is 0 Å². The predicted octanol–water partition coefficient (Wildman–Crippen LogP) is 0.577. The molecule has 0 saturated carbocycles. The van der Waals surface area contributed by atoms with Crippen molar-refractivity contribution in [2.45, 2.75) is 4.21 Å². The van der Waals surface area contributed by atoms with Crippen LogP contribution in [0.4, 0.5) is 5.69 Å². The van der Waals surface area contributed by atoms with E-state index < -0.39 is 10.1 Å². The molecule has 1 aromatic heterocycles. The molecular weight excluding hydrogens is 174 g/mol. The second kappa shape index (κ2) is 2.22. The summed E-state index contributed by atoms with van der Waals surface area (Å²) in [5.74, 6) is 0. The Balaban J connectivity index is 3.32. The number of anilines is 1. The van der Waals surface area contributed by atoms with Crippen molar-refractivity contribution in [1.82, 2.24) is 0 Å². The molecule has 0 spiro atoms. The van der Waals surface area contributed by atoms with E-state index in [1.54, 1.807) is 0 Å². The van der Waals surface area contributed by atoms with Gasteiger partial charge in [-0.3, -0.25) is 4.55 Å². The van der Waals surface area contributed by atoms with Crippen molar-refractivity contribution in [3.8, 4) is 0 Å². The van der Waals surface area contributed by atoms with Crippen molar-refractivity contribution in [3.63, 3.8) is 0 Å². The largest absolute Gasteiger partial charge is 0.397 e. The summed E-state index contributed by atoms with van der Waals surface area (Å²) in [4.78, 5) is 0. The number of nitrogens with two attached hydrogens (primary N) is 1. The van der Waals surface area contributed by atoms with Gasteiger partial charge in [-0.05, 0) is 11.4 Å². The summed E-state index contributed by atoms with van der Waals surface area (Å²) in [6, 6.07) is 1.42. The van der Waals surface area contributed by atoms with Crippen LogP contribution in [0.1, 0.15) is 0 Å². The molecule has 10 heavy (non-hydrogen) atoms. The zero-order valence-corrected chi connectivity index (χ0v) is 6.45. The van der Waals surface area contributed by atoms with Gasteiger partial charge >= 0.3 is 10.1 Å². The highest BCUT2D eigenvalue weighted by atomic mass is 32.3. The van der Waals surface area contributed by atoms with Crippen molar-refractivity contribution >= 4 is 27.1 Å². The molecule has 0 amide bonds. The van der Waals surface area contributed by atoms with Crippen LogP contribution < -0.4 is 5.73 Å². The van der Waals surface area contributed by atoms with Crippen LogP contribution in [0.2, 0.25) is 0 Å². The number of nitrogen functional groups attached to an aromatic ring is 1. The molecule has 0 atom stereocenters. The summed E-state index contributed by atoms with van der Waals surface area (Å²) < 4.78 is 29.1. The molecule has 0 saturated heterocycles. The summed E-state index contributed by atoms with van der Waals surface area (Å²) in [5.41, 5.74) is 5.29. The zero-order valence-electron chi connectivity index (χ0n) is 4.81. The third kappa shape index (κ3) is 1.28. The van der Waals surface area contributed by atoms with Crippen molar-refractivity contribution < 1.29 is 13.0 Å². The maximum atomic E-state index is 10.4. The van der Waals surface area contributed by atoms with E-state index in [1.165, 1.54) is 11.4 Å². The lowest BCUT2D eigenvalue weighted by atomic mass is 10.6. The van der Waals surface area contributed by atoms with Gasteiger partial charge in [-0.2, -0.15) is 8.42 Å². The first-order chi connectivity index (χ1) is 4.52. The molecule has 0 aromatic carbocycles. The monoisotopic (exact) mass is 179 g/mol. The molecule has 56 valence electrons. The number of rotatable bonds is 1. The molecule has 0 bridgehead atoms. The van der Waals surface area contributed by atoms with Crippen LogP contribution in [-0.2, 0) is 10.1 Å². The normalized spacial score (nSPS) is 11.7. The van der Waals surface area contributed by atoms with E-state index in [2.05, 4.69) is 0 Å². The smallest absolute Gasteiger partial charge is 0.306 e. The maximum Gasteiger partial charge on any atom is 0.306 e. The second-order valence-electron chi connectivity index (χ2n) is 1.64. The van der Waals surface area contributed by atoms with Gasteiger partial charge in [0.25, 0.3) is 0 Å². The van der Waals surface area contributed by atoms with Crippen LogP contribution in [0.25, 0.3) is 0 Å². The van der Waals surface area contributed by atoms with E-state index in [1.807, 2.05) is 0 Å². The van der Waals surface area contributed by atoms with Crippen LogP contribution in [0.3, 0.4) is 0 Å². The van der Waals surface area contributed by atoms with Crippen molar-refractivity contribution in [2.75, 3.05) is 5.73 Å². The molecule has 4 nitrogen and oxygen atoms in total. The Hall–Kier alpha value is -0.590. The molecule has 6 heteroatoms. The topological polar surface area (TPSA) is 80.4 Å². The van der Waals surface area contributed by atoms with Crippen molar-refractivity contribution in [3.05, 3.63) is 11.4 Å². The Morgan fingerprint density at radius 1 is 1.60 bits per heavy atom. The molecule has 0 aliphatic rings. The van der Waals surface area contributed by atoms with Crippen LogP contribution >= 0.6 is 11.3 Å². The minimum atomic E-state index is -4.10. The first kappa shape index (κ1) is 7.52. The predicted molar refractivity (Wildman–Crippen MR) is 38.5 cm³/mol. The highest BCUT2D eigenvalue weighted by Gasteiger charge is 2.14. The van der Waals surface area contributed by atoms with Gasteiger partial charge in [-0.15, -0.1) is 11.3 Å². The summed E-state index contributed by atoms with van der Waals surface area (Å²) in [7, 11) is -4.10. The van der Waals surface area contributed by atoms with Gasteiger partial charge in [-0.1, -0.05) is 0 Å². The lowest BCUT2D eigenvalue weighted by Gasteiger charge is -1.90. The minimum Gasteiger partial charge on any atom is -0.397 e. The van der Waals surface area contributed by atoms with E-state index in [9.17, 15) is 8.42 Å². The van der Waals surface area contributed by atoms with E-state index in [4.69, 9.17) is 10.3 Å². The first-order valence-corrected chi connectivity index (χ1v) is 4.64. The number of hydrogen-bond acceptors (Lipinski definition) is 4. The molecule has 3 N–H and O–H groups in total. The average molecular weight is 179 g/mol. The summed E-state index contributed by atoms with van der Waals surface area (Å²) in [5, 5.41) is 1.50. The molecule has 1 rings (SSSR count). The quantitative estimate of drug-likeness (QED) is 0.618. The fourth-order valence-electron chi connectivity index (χ4n) is 0.515. The van der Waals surface area contributed by atoms with Gasteiger partial charge in [0.15, 0.2) is 4.21 Å². The molecule has 0 aliphatic heterocycles. The number of thiophene rings is 1. The van der Waals surface area contributed by atoms with Gasteiger partial charge in [0.1, 0.15) is 0 Å². The molecule has 0 aliphatic carbocycles. The van der Waals surface area contributed by atoms with E-state index in [0.29, 0.717) is 0 Å². The van der Waals surface area contributed by atoms with E-state index >= 15 is 0 Å². The lowest BCUT2D eigenvalue weighted by Crippen LogP contribution is -1.98. The van der Waals surface area contributed by atoms with Crippen LogP contribution in [0.15, 0.2) is 15.7 Å². The van der Waals surface area contributed by atoms with Crippen LogP contribution in [-0.4, -0.2) is 13.0 Å².